The molecule has 4 saturated carbocycles. The molecule has 0 saturated heterocycles. The maximum absolute atomic E-state index is 12.2. The van der Waals surface area contributed by atoms with Crippen molar-refractivity contribution in [2.45, 2.75) is 111 Å². The van der Waals surface area contributed by atoms with Crippen molar-refractivity contribution in [2.24, 2.45) is 52.3 Å². The molecular weight excluding hydrogens is 482 g/mol. The third-order valence-corrected chi connectivity index (χ3v) is 12.0. The van der Waals surface area contributed by atoms with Crippen LogP contribution in [0, 0.1) is 52.3 Å². The molecule has 38 heavy (non-hydrogen) atoms. The Hall–Kier alpha value is -1.60. The lowest BCUT2D eigenvalue weighted by molar-refractivity contribution is -0.203. The Labute approximate surface area is 228 Å². The summed E-state index contributed by atoms with van der Waals surface area (Å²) in [6.45, 7) is 14.8. The van der Waals surface area contributed by atoms with Gasteiger partial charge in [-0.3, -0.25) is 0 Å². The van der Waals surface area contributed by atoms with Crippen LogP contribution in [0.5, 0.6) is 0 Å². The van der Waals surface area contributed by atoms with Crippen LogP contribution >= 0.6 is 0 Å². The van der Waals surface area contributed by atoms with Crippen molar-refractivity contribution in [1.29, 1.82) is 0 Å². The van der Waals surface area contributed by atoms with Gasteiger partial charge in [0.2, 0.25) is 0 Å². The van der Waals surface area contributed by atoms with Crippen molar-refractivity contribution in [3.05, 3.63) is 12.2 Å². The van der Waals surface area contributed by atoms with Crippen molar-refractivity contribution in [3.8, 4) is 0 Å². The van der Waals surface area contributed by atoms with Crippen LogP contribution in [0.4, 0.5) is 4.79 Å². The zero-order chi connectivity index (χ0) is 28.0. The molecule has 0 spiro atoms. The van der Waals surface area contributed by atoms with Gasteiger partial charge in [-0.1, -0.05) is 40.7 Å². The number of aliphatic hydroxyl groups excluding tert-OH is 2. The number of hydrogen-bond acceptors (Lipinski definition) is 5. The highest BCUT2D eigenvalue weighted by Crippen LogP contribution is 2.69. The summed E-state index contributed by atoms with van der Waals surface area (Å²) in [5.41, 5.74) is 0.713. The van der Waals surface area contributed by atoms with Gasteiger partial charge in [0.1, 0.15) is 0 Å². The number of alkyl carbamates (subject to hydrolysis) is 1. The second-order valence-corrected chi connectivity index (χ2v) is 13.8. The number of carboxylic acid groups (broad SMARTS) is 1. The molecule has 4 aliphatic carbocycles. The predicted molar refractivity (Wildman–Crippen MR) is 146 cm³/mol. The first-order chi connectivity index (χ1) is 17.8. The minimum atomic E-state index is -1.15. The third kappa shape index (κ3) is 5.02. The molecular formula is C31H51NO6. The molecule has 0 unspecified atom stereocenters. The second-order valence-electron chi connectivity index (χ2n) is 13.8. The molecule has 0 aromatic heterocycles. The van der Waals surface area contributed by atoms with Crippen LogP contribution in [-0.4, -0.2) is 52.2 Å². The summed E-state index contributed by atoms with van der Waals surface area (Å²) in [6, 6.07) is -1.15. The summed E-state index contributed by atoms with van der Waals surface area (Å²) < 4.78 is 5.37. The maximum atomic E-state index is 12.2. The lowest BCUT2D eigenvalue weighted by atomic mass is 9.41. The molecule has 4 N–H and O–H groups in total. The van der Waals surface area contributed by atoms with E-state index in [1.54, 1.807) is 6.92 Å². The highest BCUT2D eigenvalue weighted by Gasteiger charge is 2.64. The Bertz CT molecular complexity index is 893. The van der Waals surface area contributed by atoms with E-state index in [1.807, 2.05) is 0 Å². The SMILES string of the molecule is C=C(C)[C@H](NC(=O)OCC[C@@H](C)[C@H]1CC[C@H]2[C@@H]3[C@H](O)[C@H](CC)[C@@H]4C[C@H](O)CC[C@]4(C)[C@H]3CC[C@]12C)C(=O)O. The van der Waals surface area contributed by atoms with E-state index >= 15 is 0 Å². The van der Waals surface area contributed by atoms with Crippen molar-refractivity contribution in [1.82, 2.24) is 5.32 Å². The molecule has 1 amide bonds. The van der Waals surface area contributed by atoms with Gasteiger partial charge in [0.15, 0.2) is 6.04 Å². The summed E-state index contributed by atoms with van der Waals surface area (Å²) in [5, 5.41) is 34.0. The molecule has 7 nitrogen and oxygen atoms in total. The molecule has 4 rings (SSSR count). The van der Waals surface area contributed by atoms with Gasteiger partial charge in [-0.25, -0.2) is 9.59 Å². The van der Waals surface area contributed by atoms with Gasteiger partial charge >= 0.3 is 12.1 Å². The van der Waals surface area contributed by atoms with Crippen molar-refractivity contribution in [3.63, 3.8) is 0 Å². The molecule has 4 aliphatic rings. The number of rotatable bonds is 8. The predicted octanol–water partition coefficient (Wildman–Crippen LogP) is 5.39. The van der Waals surface area contributed by atoms with Crippen LogP contribution in [0.15, 0.2) is 12.2 Å². The van der Waals surface area contributed by atoms with Gasteiger partial charge < -0.3 is 25.4 Å². The first-order valence-electron chi connectivity index (χ1n) is 15.0. The number of hydrogen-bond donors (Lipinski definition) is 4. The summed E-state index contributed by atoms with van der Waals surface area (Å²) in [6.07, 6.45) is 7.84. The number of ether oxygens (including phenoxy) is 1. The van der Waals surface area contributed by atoms with Gasteiger partial charge in [-0.15, -0.1) is 0 Å². The standard InChI is InChI=1S/C31H51NO6/c1-7-20-24-16-19(33)10-13-31(24,6)23-11-14-30(5)21(8-9-22(30)25(23)27(20)34)18(4)12-15-38-29(37)32-26(17(2)3)28(35)36/h18-27,33-34H,2,7-16H2,1,3-6H3,(H,32,37)(H,35,36)/t18-,19-,20-,21-,22+,23+,24+,25+,26+,27-,30-,31-/m1/s1. The number of fused-ring (bicyclic) bond motifs is 5. The molecule has 0 aromatic rings. The van der Waals surface area contributed by atoms with Crippen LogP contribution in [0.2, 0.25) is 0 Å². The van der Waals surface area contributed by atoms with Crippen molar-refractivity contribution >= 4 is 12.1 Å². The lowest BCUT2D eigenvalue weighted by Crippen LogP contribution is -2.62. The zero-order valence-electron chi connectivity index (χ0n) is 24.1. The largest absolute Gasteiger partial charge is 0.479 e. The fraction of sp³-hybridized carbons (Fsp3) is 0.871. The summed E-state index contributed by atoms with van der Waals surface area (Å²) in [4.78, 5) is 23.5. The van der Waals surface area contributed by atoms with Gasteiger partial charge in [0.05, 0.1) is 18.8 Å². The minimum absolute atomic E-state index is 0.161. The first-order valence-corrected chi connectivity index (χ1v) is 15.0. The van der Waals surface area contributed by atoms with Crippen molar-refractivity contribution in [2.75, 3.05) is 6.61 Å². The number of carbonyl (C=O) groups is 2. The van der Waals surface area contributed by atoms with Gasteiger partial charge in [0.25, 0.3) is 0 Å². The molecule has 0 aromatic carbocycles. The Balaban J connectivity index is 1.42. The molecule has 7 heteroatoms. The molecule has 0 bridgehead atoms. The number of aliphatic hydroxyl groups is 2. The van der Waals surface area contributed by atoms with Crippen LogP contribution in [-0.2, 0) is 9.53 Å². The number of carbonyl (C=O) groups excluding carboxylic acids is 1. The number of nitrogens with one attached hydrogen (secondary N) is 1. The van der Waals surface area contributed by atoms with E-state index in [2.05, 4.69) is 39.6 Å². The van der Waals surface area contributed by atoms with Crippen LogP contribution in [0.1, 0.15) is 92.4 Å². The van der Waals surface area contributed by atoms with E-state index in [1.165, 1.54) is 6.42 Å². The zero-order valence-corrected chi connectivity index (χ0v) is 24.1. The summed E-state index contributed by atoms with van der Waals surface area (Å²) in [7, 11) is 0. The second kappa shape index (κ2) is 11.1. The van der Waals surface area contributed by atoms with E-state index < -0.39 is 18.1 Å². The lowest BCUT2D eigenvalue weighted by Gasteiger charge is -2.64. The third-order valence-electron chi connectivity index (χ3n) is 12.0. The van der Waals surface area contributed by atoms with E-state index in [0.29, 0.717) is 41.1 Å². The van der Waals surface area contributed by atoms with Crippen LogP contribution in [0.25, 0.3) is 0 Å². The Morgan fingerprint density at radius 2 is 1.71 bits per heavy atom. The van der Waals surface area contributed by atoms with E-state index in [9.17, 15) is 24.9 Å². The molecule has 0 aliphatic heterocycles. The molecule has 0 radical (unpaired) electrons. The maximum Gasteiger partial charge on any atom is 0.408 e. The average molecular weight is 534 g/mol. The minimum Gasteiger partial charge on any atom is -0.479 e. The number of carboxylic acids is 1. The monoisotopic (exact) mass is 533 g/mol. The van der Waals surface area contributed by atoms with Crippen LogP contribution < -0.4 is 5.32 Å². The quantitative estimate of drug-likeness (QED) is 0.311. The normalized spacial score (nSPS) is 43.7. The fourth-order valence-corrected chi connectivity index (χ4v) is 10.0. The van der Waals surface area contributed by atoms with Crippen LogP contribution in [0.3, 0.4) is 0 Å². The molecule has 0 heterocycles. The Morgan fingerprint density at radius 1 is 1.05 bits per heavy atom. The van der Waals surface area contributed by atoms with E-state index in [-0.39, 0.29) is 35.6 Å². The van der Waals surface area contributed by atoms with Gasteiger partial charge in [-0.05, 0) is 116 Å². The van der Waals surface area contributed by atoms with Gasteiger partial charge in [-0.2, -0.15) is 0 Å². The summed E-state index contributed by atoms with van der Waals surface area (Å²) >= 11 is 0. The molecule has 12 atom stereocenters. The Morgan fingerprint density at radius 3 is 2.34 bits per heavy atom. The average Bonchev–Trinajstić information content (AvgIpc) is 3.20. The Kier molecular flexibility index (Phi) is 8.59. The number of amides is 1. The van der Waals surface area contributed by atoms with E-state index in [0.717, 1.165) is 51.4 Å². The summed E-state index contributed by atoms with van der Waals surface area (Å²) in [5.74, 6) is 1.73. The van der Waals surface area contributed by atoms with Crippen molar-refractivity contribution < 1.29 is 29.6 Å². The fourth-order valence-electron chi connectivity index (χ4n) is 10.0. The topological polar surface area (TPSA) is 116 Å². The van der Waals surface area contributed by atoms with Gasteiger partial charge in [0, 0.05) is 0 Å². The smallest absolute Gasteiger partial charge is 0.408 e. The molecule has 216 valence electrons. The molecule has 4 fully saturated rings. The first kappa shape index (κ1) is 29.4. The highest BCUT2D eigenvalue weighted by molar-refractivity contribution is 5.82. The van der Waals surface area contributed by atoms with E-state index in [4.69, 9.17) is 4.74 Å². The number of aliphatic carboxylic acids is 1. The highest BCUT2D eigenvalue weighted by atomic mass is 16.5.